The predicted octanol–water partition coefficient (Wildman–Crippen LogP) is 3.76. The lowest BCUT2D eigenvalue weighted by atomic mass is 10.2. The number of aromatic nitrogens is 2. The third-order valence-corrected chi connectivity index (χ3v) is 3.61. The van der Waals surface area contributed by atoms with Gasteiger partial charge in [-0.25, -0.2) is 0 Å². The van der Waals surface area contributed by atoms with Crippen molar-refractivity contribution in [2.24, 2.45) is 0 Å². The smallest absolute Gasteiger partial charge is 0.260 e. The second-order valence-corrected chi connectivity index (χ2v) is 5.34. The Kier molecular flexibility index (Phi) is 3.23. The lowest BCUT2D eigenvalue weighted by molar-refractivity contribution is -0.384. The molecule has 0 amide bonds. The second kappa shape index (κ2) is 5.05. The molecule has 100 valence electrons. The fraction of sp³-hybridized carbons (Fsp3) is 0.0714. The fourth-order valence-electron chi connectivity index (χ4n) is 2.08. The van der Waals surface area contributed by atoms with Crippen molar-refractivity contribution in [3.63, 3.8) is 0 Å². The average Bonchev–Trinajstić information content (AvgIpc) is 2.84. The van der Waals surface area contributed by atoms with Gasteiger partial charge in [0.2, 0.25) is 0 Å². The van der Waals surface area contributed by atoms with Crippen LogP contribution in [0.15, 0.2) is 53.1 Å². The van der Waals surface area contributed by atoms with Gasteiger partial charge in [-0.2, -0.15) is 5.10 Å². The van der Waals surface area contributed by atoms with Crippen molar-refractivity contribution in [2.75, 3.05) is 0 Å². The maximum atomic E-state index is 10.7. The van der Waals surface area contributed by atoms with Crippen LogP contribution in [0.25, 0.3) is 10.9 Å². The normalized spacial score (nSPS) is 10.8. The Morgan fingerprint density at radius 2 is 1.95 bits per heavy atom. The van der Waals surface area contributed by atoms with Crippen molar-refractivity contribution < 1.29 is 4.92 Å². The van der Waals surface area contributed by atoms with Gasteiger partial charge in [0.05, 0.1) is 23.2 Å². The molecule has 0 saturated carbocycles. The van der Waals surface area contributed by atoms with Gasteiger partial charge in [-0.05, 0) is 23.8 Å². The summed E-state index contributed by atoms with van der Waals surface area (Å²) in [6.07, 6.45) is 1.65. The minimum atomic E-state index is -0.397. The molecule has 0 aliphatic heterocycles. The summed E-state index contributed by atoms with van der Waals surface area (Å²) < 4.78 is 2.87. The molecule has 0 fully saturated rings. The summed E-state index contributed by atoms with van der Waals surface area (Å²) >= 11 is 3.40. The molecule has 0 aliphatic carbocycles. The van der Waals surface area contributed by atoms with Gasteiger partial charge in [0.25, 0.3) is 5.69 Å². The lowest BCUT2D eigenvalue weighted by Crippen LogP contribution is -2.01. The van der Waals surface area contributed by atoms with Crippen LogP contribution in [0.4, 0.5) is 5.69 Å². The maximum absolute atomic E-state index is 10.7. The van der Waals surface area contributed by atoms with Crippen molar-refractivity contribution in [1.82, 2.24) is 9.78 Å². The highest BCUT2D eigenvalue weighted by atomic mass is 79.9. The van der Waals surface area contributed by atoms with Crippen LogP contribution < -0.4 is 0 Å². The van der Waals surface area contributed by atoms with Gasteiger partial charge in [-0.1, -0.05) is 28.1 Å². The summed E-state index contributed by atoms with van der Waals surface area (Å²) in [6, 6.07) is 12.8. The van der Waals surface area contributed by atoms with E-state index < -0.39 is 4.92 Å². The van der Waals surface area contributed by atoms with Crippen molar-refractivity contribution in [3.8, 4) is 0 Å². The molecule has 0 radical (unpaired) electrons. The van der Waals surface area contributed by atoms with Crippen molar-refractivity contribution in [1.29, 1.82) is 0 Å². The summed E-state index contributed by atoms with van der Waals surface area (Å²) in [6.45, 7) is 0.634. The molecule has 0 atom stereocenters. The number of halogens is 1. The zero-order valence-electron chi connectivity index (χ0n) is 10.4. The molecular formula is C14H10BrN3O2. The Morgan fingerprint density at radius 3 is 2.65 bits per heavy atom. The van der Waals surface area contributed by atoms with Gasteiger partial charge in [0.1, 0.15) is 0 Å². The summed E-state index contributed by atoms with van der Waals surface area (Å²) in [5.74, 6) is 0. The van der Waals surface area contributed by atoms with E-state index in [2.05, 4.69) is 21.0 Å². The zero-order valence-corrected chi connectivity index (χ0v) is 11.9. The first-order valence-corrected chi connectivity index (χ1v) is 6.77. The molecule has 0 aliphatic rings. The largest absolute Gasteiger partial charge is 0.270 e. The third-order valence-electron chi connectivity index (χ3n) is 3.08. The summed E-state index contributed by atoms with van der Waals surface area (Å²) in [5.41, 5.74) is 2.09. The number of rotatable bonds is 3. The molecule has 20 heavy (non-hydrogen) atoms. The van der Waals surface area contributed by atoms with Gasteiger partial charge < -0.3 is 0 Å². The highest BCUT2D eigenvalue weighted by Crippen LogP contribution is 2.21. The molecule has 5 nitrogen and oxygen atoms in total. The molecule has 6 heteroatoms. The molecule has 3 rings (SSSR count). The van der Waals surface area contributed by atoms with E-state index in [1.807, 2.05) is 28.9 Å². The van der Waals surface area contributed by atoms with E-state index in [9.17, 15) is 10.1 Å². The second-order valence-electron chi connectivity index (χ2n) is 4.43. The molecular weight excluding hydrogens is 322 g/mol. The SMILES string of the molecule is O=[N+]([O-])c1ccc2c(cnn2Cc2ccc(Br)cc2)c1. The number of fused-ring (bicyclic) bond motifs is 1. The predicted molar refractivity (Wildman–Crippen MR) is 79.6 cm³/mol. The Hall–Kier alpha value is -2.21. The van der Waals surface area contributed by atoms with Crippen LogP contribution in [0, 0.1) is 10.1 Å². The van der Waals surface area contributed by atoms with Crippen LogP contribution in [-0.4, -0.2) is 14.7 Å². The number of nitro groups is 1. The van der Waals surface area contributed by atoms with Crippen LogP contribution in [0.1, 0.15) is 5.56 Å². The van der Waals surface area contributed by atoms with E-state index >= 15 is 0 Å². The number of hydrogen-bond acceptors (Lipinski definition) is 3. The number of non-ortho nitro benzene ring substituents is 1. The molecule has 1 heterocycles. The van der Waals surface area contributed by atoms with E-state index in [0.29, 0.717) is 6.54 Å². The standard InChI is InChI=1S/C14H10BrN3O2/c15-12-3-1-10(2-4-12)9-17-14-6-5-13(18(19)20)7-11(14)8-16-17/h1-8H,9H2. The fourth-order valence-corrected chi connectivity index (χ4v) is 2.34. The minimum absolute atomic E-state index is 0.0840. The van der Waals surface area contributed by atoms with Gasteiger partial charge in [0, 0.05) is 22.0 Å². The summed E-state index contributed by atoms with van der Waals surface area (Å²) in [7, 11) is 0. The van der Waals surface area contributed by atoms with Crippen LogP contribution in [0.5, 0.6) is 0 Å². The van der Waals surface area contributed by atoms with Gasteiger partial charge in [-0.15, -0.1) is 0 Å². The zero-order chi connectivity index (χ0) is 14.1. The Labute approximate surface area is 123 Å². The number of benzene rings is 2. The number of hydrogen-bond donors (Lipinski definition) is 0. The molecule has 3 aromatic rings. The van der Waals surface area contributed by atoms with Crippen LogP contribution in [0.3, 0.4) is 0 Å². The number of nitro benzene ring substituents is 1. The van der Waals surface area contributed by atoms with Gasteiger partial charge in [0.15, 0.2) is 0 Å². The molecule has 0 unspecified atom stereocenters. The van der Waals surface area contributed by atoms with Crippen LogP contribution in [0.2, 0.25) is 0 Å². The maximum Gasteiger partial charge on any atom is 0.270 e. The van der Waals surface area contributed by atoms with E-state index in [0.717, 1.165) is 20.9 Å². The van der Waals surface area contributed by atoms with E-state index in [1.54, 1.807) is 18.3 Å². The van der Waals surface area contributed by atoms with E-state index in [1.165, 1.54) is 6.07 Å². The Morgan fingerprint density at radius 1 is 1.20 bits per heavy atom. The van der Waals surface area contributed by atoms with Crippen molar-refractivity contribution in [2.45, 2.75) is 6.54 Å². The monoisotopic (exact) mass is 331 g/mol. The molecule has 0 bridgehead atoms. The third kappa shape index (κ3) is 2.42. The van der Waals surface area contributed by atoms with Crippen molar-refractivity contribution >= 4 is 32.5 Å². The lowest BCUT2D eigenvalue weighted by Gasteiger charge is -2.04. The first kappa shape index (κ1) is 12.8. The average molecular weight is 332 g/mol. The molecule has 0 N–H and O–H groups in total. The molecule has 2 aromatic carbocycles. The van der Waals surface area contributed by atoms with Crippen molar-refractivity contribution in [3.05, 3.63) is 68.8 Å². The summed E-state index contributed by atoms with van der Waals surface area (Å²) in [5, 5.41) is 15.8. The molecule has 0 saturated heterocycles. The molecule has 0 spiro atoms. The first-order chi connectivity index (χ1) is 9.63. The van der Waals surface area contributed by atoms with E-state index in [-0.39, 0.29) is 5.69 Å². The van der Waals surface area contributed by atoms with E-state index in [4.69, 9.17) is 0 Å². The van der Waals surface area contributed by atoms with Gasteiger partial charge >= 0.3 is 0 Å². The van der Waals surface area contributed by atoms with Crippen LogP contribution >= 0.6 is 15.9 Å². The summed E-state index contributed by atoms with van der Waals surface area (Å²) in [4.78, 5) is 10.4. The Balaban J connectivity index is 1.96. The van der Waals surface area contributed by atoms with Gasteiger partial charge in [-0.3, -0.25) is 14.8 Å². The highest BCUT2D eigenvalue weighted by Gasteiger charge is 2.09. The molecule has 1 aromatic heterocycles. The topological polar surface area (TPSA) is 61.0 Å². The number of nitrogens with zero attached hydrogens (tertiary/aromatic N) is 3. The Bertz CT molecular complexity index is 781. The highest BCUT2D eigenvalue weighted by molar-refractivity contribution is 9.10. The minimum Gasteiger partial charge on any atom is -0.260 e. The first-order valence-electron chi connectivity index (χ1n) is 5.98. The van der Waals surface area contributed by atoms with Crippen LogP contribution in [-0.2, 0) is 6.54 Å². The quantitative estimate of drug-likeness (QED) is 0.542.